The standard InChI is InChI=1S/C11H11Cl3F3NO2S/c1-18(3-2-11(15,16)17)21(19,20)9-5-8(13)4-7(6-12)10(9)14/h4-5H,2-3,6H2,1H3. The lowest BCUT2D eigenvalue weighted by atomic mass is 10.2. The summed E-state index contributed by atoms with van der Waals surface area (Å²) in [6.07, 6.45) is -5.72. The molecule has 0 saturated heterocycles. The Balaban J connectivity index is 3.16. The third kappa shape index (κ3) is 4.89. The largest absolute Gasteiger partial charge is 0.390 e. The molecule has 0 heterocycles. The van der Waals surface area contributed by atoms with E-state index in [0.717, 1.165) is 13.1 Å². The van der Waals surface area contributed by atoms with Crippen molar-refractivity contribution in [3.05, 3.63) is 27.7 Å². The van der Waals surface area contributed by atoms with Crippen LogP contribution in [0.2, 0.25) is 10.0 Å². The summed E-state index contributed by atoms with van der Waals surface area (Å²) >= 11 is 17.3. The fourth-order valence-electron chi connectivity index (χ4n) is 1.48. The van der Waals surface area contributed by atoms with Gasteiger partial charge in [-0.1, -0.05) is 23.2 Å². The second-order valence-electron chi connectivity index (χ2n) is 4.20. The van der Waals surface area contributed by atoms with Crippen LogP contribution in [0.1, 0.15) is 12.0 Å². The minimum atomic E-state index is -4.46. The molecule has 0 bridgehead atoms. The summed E-state index contributed by atoms with van der Waals surface area (Å²) < 4.78 is 61.7. The second kappa shape index (κ2) is 6.91. The van der Waals surface area contributed by atoms with Gasteiger partial charge in [0.2, 0.25) is 10.0 Å². The molecule has 0 N–H and O–H groups in total. The summed E-state index contributed by atoms with van der Waals surface area (Å²) in [5.74, 6) is -0.0752. The Kier molecular flexibility index (Phi) is 6.20. The van der Waals surface area contributed by atoms with Crippen LogP contribution in [0.25, 0.3) is 0 Å². The van der Waals surface area contributed by atoms with Gasteiger partial charge < -0.3 is 0 Å². The molecule has 0 unspecified atom stereocenters. The van der Waals surface area contributed by atoms with Crippen LogP contribution in [-0.4, -0.2) is 32.5 Å². The molecule has 21 heavy (non-hydrogen) atoms. The number of sulfonamides is 1. The smallest absolute Gasteiger partial charge is 0.207 e. The van der Waals surface area contributed by atoms with Gasteiger partial charge in [-0.15, -0.1) is 11.6 Å². The van der Waals surface area contributed by atoms with E-state index in [2.05, 4.69) is 0 Å². The molecular weight excluding hydrogens is 374 g/mol. The van der Waals surface area contributed by atoms with Gasteiger partial charge in [0.25, 0.3) is 0 Å². The molecule has 1 rings (SSSR count). The van der Waals surface area contributed by atoms with Crippen molar-refractivity contribution in [2.24, 2.45) is 0 Å². The fourth-order valence-corrected chi connectivity index (χ4v) is 3.83. The molecule has 0 aliphatic rings. The molecule has 1 aromatic carbocycles. The molecule has 0 aromatic heterocycles. The van der Waals surface area contributed by atoms with Crippen LogP contribution in [0, 0.1) is 0 Å². The maximum atomic E-state index is 12.3. The molecule has 3 nitrogen and oxygen atoms in total. The highest BCUT2D eigenvalue weighted by Gasteiger charge is 2.31. The van der Waals surface area contributed by atoms with Crippen molar-refractivity contribution in [3.63, 3.8) is 0 Å². The van der Waals surface area contributed by atoms with Crippen molar-refractivity contribution in [1.29, 1.82) is 0 Å². The maximum Gasteiger partial charge on any atom is 0.390 e. The summed E-state index contributed by atoms with van der Waals surface area (Å²) in [6.45, 7) is -0.717. The average Bonchev–Trinajstić information content (AvgIpc) is 2.36. The molecule has 0 radical (unpaired) electrons. The number of halogens is 6. The quantitative estimate of drug-likeness (QED) is 0.710. The van der Waals surface area contributed by atoms with Gasteiger partial charge in [0.05, 0.1) is 11.4 Å². The van der Waals surface area contributed by atoms with Crippen molar-refractivity contribution in [1.82, 2.24) is 4.31 Å². The highest BCUT2D eigenvalue weighted by molar-refractivity contribution is 7.89. The van der Waals surface area contributed by atoms with Crippen molar-refractivity contribution < 1.29 is 21.6 Å². The van der Waals surface area contributed by atoms with Crippen LogP contribution in [-0.2, 0) is 15.9 Å². The van der Waals surface area contributed by atoms with Crippen molar-refractivity contribution >= 4 is 44.8 Å². The lowest BCUT2D eigenvalue weighted by Gasteiger charge is -2.19. The molecule has 0 fully saturated rings. The zero-order valence-electron chi connectivity index (χ0n) is 10.7. The molecule has 120 valence electrons. The third-order valence-corrected chi connectivity index (χ3v) is 5.57. The van der Waals surface area contributed by atoms with Gasteiger partial charge in [-0.05, 0) is 17.7 Å². The molecule has 0 atom stereocenters. The highest BCUT2D eigenvalue weighted by Crippen LogP contribution is 2.32. The van der Waals surface area contributed by atoms with Gasteiger partial charge in [0.15, 0.2) is 0 Å². The predicted molar refractivity (Wildman–Crippen MR) is 76.5 cm³/mol. The molecular formula is C11H11Cl3F3NO2S. The van der Waals surface area contributed by atoms with Crippen molar-refractivity contribution in [3.8, 4) is 0 Å². The van der Waals surface area contributed by atoms with Crippen LogP contribution in [0.4, 0.5) is 13.2 Å². The minimum Gasteiger partial charge on any atom is -0.207 e. The van der Waals surface area contributed by atoms with E-state index in [4.69, 9.17) is 34.8 Å². The van der Waals surface area contributed by atoms with Crippen LogP contribution < -0.4 is 0 Å². The second-order valence-corrected chi connectivity index (χ2v) is 7.30. The van der Waals surface area contributed by atoms with Crippen LogP contribution in [0.5, 0.6) is 0 Å². The van der Waals surface area contributed by atoms with Gasteiger partial charge in [-0.2, -0.15) is 13.2 Å². The Morgan fingerprint density at radius 3 is 2.29 bits per heavy atom. The zero-order valence-corrected chi connectivity index (χ0v) is 13.8. The summed E-state index contributed by atoms with van der Waals surface area (Å²) in [5.41, 5.74) is 0.286. The number of alkyl halides is 4. The maximum absolute atomic E-state index is 12.3. The normalized spacial score (nSPS) is 13.0. The van der Waals surface area contributed by atoms with E-state index >= 15 is 0 Å². The molecule has 0 saturated carbocycles. The lowest BCUT2D eigenvalue weighted by Crippen LogP contribution is -2.31. The number of rotatable bonds is 5. The van der Waals surface area contributed by atoms with E-state index in [1.165, 1.54) is 6.07 Å². The van der Waals surface area contributed by atoms with E-state index in [1.807, 2.05) is 0 Å². The predicted octanol–water partition coefficient (Wildman–Crippen LogP) is 4.31. The number of nitrogens with zero attached hydrogens (tertiary/aromatic N) is 1. The first kappa shape index (κ1) is 18.8. The number of benzene rings is 1. The van der Waals surface area contributed by atoms with Gasteiger partial charge in [0, 0.05) is 24.5 Å². The van der Waals surface area contributed by atoms with Crippen molar-refractivity contribution in [2.75, 3.05) is 13.6 Å². The molecule has 10 heteroatoms. The Morgan fingerprint density at radius 2 is 1.81 bits per heavy atom. The summed E-state index contributed by atoms with van der Waals surface area (Å²) in [7, 11) is -3.15. The monoisotopic (exact) mass is 383 g/mol. The van der Waals surface area contributed by atoms with E-state index < -0.39 is 29.2 Å². The van der Waals surface area contributed by atoms with Gasteiger partial charge >= 0.3 is 6.18 Å². The van der Waals surface area contributed by atoms with Crippen LogP contribution in [0.15, 0.2) is 17.0 Å². The van der Waals surface area contributed by atoms with Crippen LogP contribution in [0.3, 0.4) is 0 Å². The third-order valence-electron chi connectivity index (χ3n) is 2.62. The summed E-state index contributed by atoms with van der Waals surface area (Å²) in [5, 5.41) is -0.0638. The fraction of sp³-hybridized carbons (Fsp3) is 0.455. The first-order valence-electron chi connectivity index (χ1n) is 5.56. The molecule has 0 spiro atoms. The first-order chi connectivity index (χ1) is 9.49. The van der Waals surface area contributed by atoms with E-state index in [9.17, 15) is 21.6 Å². The summed E-state index contributed by atoms with van der Waals surface area (Å²) in [6, 6.07) is 2.48. The highest BCUT2D eigenvalue weighted by atomic mass is 35.5. The Morgan fingerprint density at radius 1 is 1.24 bits per heavy atom. The Labute approximate surface area is 135 Å². The molecule has 0 amide bonds. The Hall–Kier alpha value is -0.210. The average molecular weight is 385 g/mol. The lowest BCUT2D eigenvalue weighted by molar-refractivity contribution is -0.135. The SMILES string of the molecule is CN(CCC(F)(F)F)S(=O)(=O)c1cc(Cl)cc(CCl)c1Cl. The van der Waals surface area contributed by atoms with Gasteiger partial charge in [-0.25, -0.2) is 12.7 Å². The Bertz CT molecular complexity index is 620. The number of hydrogen-bond acceptors (Lipinski definition) is 2. The van der Waals surface area contributed by atoms with Crippen molar-refractivity contribution in [2.45, 2.75) is 23.4 Å². The van der Waals surface area contributed by atoms with E-state index in [-0.39, 0.29) is 26.4 Å². The van der Waals surface area contributed by atoms with Crippen LogP contribution >= 0.6 is 34.8 Å². The number of hydrogen-bond donors (Lipinski definition) is 0. The molecule has 1 aromatic rings. The topological polar surface area (TPSA) is 37.4 Å². The van der Waals surface area contributed by atoms with E-state index in [0.29, 0.717) is 4.31 Å². The van der Waals surface area contributed by atoms with Gasteiger partial charge in [0.1, 0.15) is 4.90 Å². The zero-order chi connectivity index (χ0) is 16.4. The molecule has 0 aliphatic carbocycles. The first-order valence-corrected chi connectivity index (χ1v) is 8.29. The summed E-state index contributed by atoms with van der Waals surface area (Å²) in [4.78, 5) is -0.364. The van der Waals surface area contributed by atoms with E-state index in [1.54, 1.807) is 0 Å². The molecule has 0 aliphatic heterocycles. The minimum absolute atomic E-state index is 0.0752. The van der Waals surface area contributed by atoms with Gasteiger partial charge in [-0.3, -0.25) is 0 Å².